The number of primary amides is 1. The van der Waals surface area contributed by atoms with Crippen LogP contribution in [0.5, 0.6) is 0 Å². The molecule has 0 aromatic carbocycles. The Labute approximate surface area is 159 Å². The van der Waals surface area contributed by atoms with Gasteiger partial charge in [0.15, 0.2) is 5.96 Å². The Morgan fingerprint density at radius 1 is 1.44 bits per heavy atom. The van der Waals surface area contributed by atoms with E-state index in [9.17, 15) is 4.79 Å². The van der Waals surface area contributed by atoms with Gasteiger partial charge in [0.05, 0.1) is 6.54 Å². The fourth-order valence-electron chi connectivity index (χ4n) is 3.40. The van der Waals surface area contributed by atoms with Gasteiger partial charge >= 0.3 is 0 Å². The van der Waals surface area contributed by atoms with Crippen LogP contribution < -0.4 is 11.1 Å². The number of amides is 1. The lowest BCUT2D eigenvalue weighted by Crippen LogP contribution is -2.47. The minimum atomic E-state index is -0.229. The van der Waals surface area contributed by atoms with E-state index in [1.54, 1.807) is 18.7 Å². The quantitative estimate of drug-likeness (QED) is 0.591. The summed E-state index contributed by atoms with van der Waals surface area (Å²) in [6, 6.07) is 3.99. The van der Waals surface area contributed by atoms with Crippen molar-refractivity contribution < 1.29 is 4.79 Å². The number of piperidine rings is 1. The van der Waals surface area contributed by atoms with Gasteiger partial charge in [-0.3, -0.25) is 9.36 Å². The van der Waals surface area contributed by atoms with E-state index in [1.807, 2.05) is 22.9 Å². The fourth-order valence-corrected chi connectivity index (χ4v) is 3.40. The molecule has 2 aromatic heterocycles. The fraction of sp³-hybridized carbons (Fsp3) is 0.474. The lowest BCUT2D eigenvalue weighted by molar-refractivity contribution is -0.119. The van der Waals surface area contributed by atoms with Crippen LogP contribution in [-0.4, -0.2) is 50.9 Å². The average molecular weight is 369 g/mol. The molecule has 8 heteroatoms. The van der Waals surface area contributed by atoms with Gasteiger partial charge < -0.3 is 16.0 Å². The smallest absolute Gasteiger partial charge is 0.217 e. The van der Waals surface area contributed by atoms with E-state index in [0.717, 1.165) is 49.8 Å². The standard InChI is InChI=1S/C19H27N7O/c1-2-22-19(25-8-3-4-16(13-25)10-17(20)27)24-12-15-5-6-23-18(11-15)26-9-7-21-14-26/h5-7,9,11,14,16H,2-4,8,10,12-13H2,1H3,(H2,20,27)(H,22,24). The third kappa shape index (κ3) is 5.29. The molecule has 0 spiro atoms. The van der Waals surface area contributed by atoms with E-state index >= 15 is 0 Å². The first-order valence-electron chi connectivity index (χ1n) is 9.40. The Kier molecular flexibility index (Phi) is 6.40. The number of nitrogens with two attached hydrogens (primary N) is 1. The first kappa shape index (κ1) is 18.9. The molecular weight excluding hydrogens is 342 g/mol. The van der Waals surface area contributed by atoms with E-state index in [2.05, 4.69) is 27.1 Å². The van der Waals surface area contributed by atoms with Crippen LogP contribution in [0.1, 0.15) is 31.7 Å². The number of likely N-dealkylation sites (tertiary alicyclic amines) is 1. The van der Waals surface area contributed by atoms with Crippen molar-refractivity contribution in [3.05, 3.63) is 42.6 Å². The molecule has 1 unspecified atom stereocenters. The van der Waals surface area contributed by atoms with E-state index in [-0.39, 0.29) is 5.91 Å². The molecule has 0 bridgehead atoms. The average Bonchev–Trinajstić information content (AvgIpc) is 3.20. The van der Waals surface area contributed by atoms with Crippen LogP contribution in [0.3, 0.4) is 0 Å². The molecule has 8 nitrogen and oxygen atoms in total. The summed E-state index contributed by atoms with van der Waals surface area (Å²) in [5, 5.41) is 3.37. The van der Waals surface area contributed by atoms with Crippen molar-refractivity contribution in [3.63, 3.8) is 0 Å². The molecule has 3 rings (SSSR count). The van der Waals surface area contributed by atoms with Crippen LogP contribution in [-0.2, 0) is 11.3 Å². The van der Waals surface area contributed by atoms with Crippen molar-refractivity contribution in [2.24, 2.45) is 16.6 Å². The summed E-state index contributed by atoms with van der Waals surface area (Å²) in [6.45, 7) is 5.17. The second-order valence-electron chi connectivity index (χ2n) is 6.79. The maximum absolute atomic E-state index is 11.3. The van der Waals surface area contributed by atoms with Crippen molar-refractivity contribution in [2.75, 3.05) is 19.6 Å². The van der Waals surface area contributed by atoms with Crippen molar-refractivity contribution in [1.82, 2.24) is 24.8 Å². The Morgan fingerprint density at radius 3 is 3.07 bits per heavy atom. The van der Waals surface area contributed by atoms with E-state index < -0.39 is 0 Å². The van der Waals surface area contributed by atoms with Crippen LogP contribution in [0.15, 0.2) is 42.0 Å². The van der Waals surface area contributed by atoms with Crippen molar-refractivity contribution in [2.45, 2.75) is 32.7 Å². The van der Waals surface area contributed by atoms with Gasteiger partial charge in [0.2, 0.25) is 5.91 Å². The maximum Gasteiger partial charge on any atom is 0.217 e. The number of guanidine groups is 1. The SMILES string of the molecule is CCNC(=NCc1ccnc(-n2ccnc2)c1)N1CCCC(CC(N)=O)C1. The zero-order valence-corrected chi connectivity index (χ0v) is 15.7. The molecule has 144 valence electrons. The molecule has 1 fully saturated rings. The van der Waals surface area contributed by atoms with Crippen LogP contribution in [0, 0.1) is 5.92 Å². The zero-order chi connectivity index (χ0) is 19.1. The lowest BCUT2D eigenvalue weighted by Gasteiger charge is -2.34. The van der Waals surface area contributed by atoms with E-state index in [1.165, 1.54) is 0 Å². The Bertz CT molecular complexity index is 772. The van der Waals surface area contributed by atoms with Crippen molar-refractivity contribution >= 4 is 11.9 Å². The molecule has 1 aliphatic heterocycles. The number of carbonyl (C=O) groups is 1. The predicted octanol–water partition coefficient (Wildman–Crippen LogP) is 1.32. The number of aliphatic imine (C=N–C) groups is 1. The highest BCUT2D eigenvalue weighted by Gasteiger charge is 2.23. The molecule has 0 aliphatic carbocycles. The van der Waals surface area contributed by atoms with E-state index in [0.29, 0.717) is 18.9 Å². The Hall–Kier alpha value is -2.90. The highest BCUT2D eigenvalue weighted by atomic mass is 16.1. The normalized spacial score (nSPS) is 17.7. The molecule has 2 aromatic rings. The maximum atomic E-state index is 11.3. The summed E-state index contributed by atoms with van der Waals surface area (Å²) >= 11 is 0. The number of aromatic nitrogens is 3. The first-order valence-corrected chi connectivity index (χ1v) is 9.40. The monoisotopic (exact) mass is 369 g/mol. The molecule has 3 N–H and O–H groups in total. The number of pyridine rings is 1. The minimum Gasteiger partial charge on any atom is -0.370 e. The van der Waals surface area contributed by atoms with Crippen LogP contribution >= 0.6 is 0 Å². The summed E-state index contributed by atoms with van der Waals surface area (Å²) in [5.74, 6) is 1.78. The molecule has 27 heavy (non-hydrogen) atoms. The highest BCUT2D eigenvalue weighted by Crippen LogP contribution is 2.19. The molecule has 0 radical (unpaired) electrons. The van der Waals surface area contributed by atoms with Gasteiger partial charge in [-0.15, -0.1) is 0 Å². The van der Waals surface area contributed by atoms with E-state index in [4.69, 9.17) is 10.7 Å². The largest absolute Gasteiger partial charge is 0.370 e. The van der Waals surface area contributed by atoms with Gasteiger partial charge in [-0.1, -0.05) is 0 Å². The van der Waals surface area contributed by atoms with Crippen LogP contribution in [0.25, 0.3) is 5.82 Å². The highest BCUT2D eigenvalue weighted by molar-refractivity contribution is 5.80. The third-order valence-electron chi connectivity index (χ3n) is 4.63. The summed E-state index contributed by atoms with van der Waals surface area (Å²) < 4.78 is 1.87. The zero-order valence-electron chi connectivity index (χ0n) is 15.7. The Morgan fingerprint density at radius 2 is 2.33 bits per heavy atom. The van der Waals surface area contributed by atoms with Crippen molar-refractivity contribution in [1.29, 1.82) is 0 Å². The molecule has 1 aliphatic rings. The first-order chi connectivity index (χ1) is 13.2. The summed E-state index contributed by atoms with van der Waals surface area (Å²) in [6.07, 6.45) is 9.64. The number of hydrogen-bond donors (Lipinski definition) is 2. The molecular formula is C19H27N7O. The number of carbonyl (C=O) groups excluding carboxylic acids is 1. The molecule has 1 atom stereocenters. The molecule has 1 amide bonds. The third-order valence-corrected chi connectivity index (χ3v) is 4.63. The molecule has 3 heterocycles. The van der Waals surface area contributed by atoms with Gasteiger partial charge in [-0.2, -0.15) is 0 Å². The lowest BCUT2D eigenvalue weighted by atomic mass is 9.95. The summed E-state index contributed by atoms with van der Waals surface area (Å²) in [5.41, 5.74) is 6.46. The summed E-state index contributed by atoms with van der Waals surface area (Å²) in [4.78, 5) is 26.7. The number of imidazole rings is 1. The number of nitrogens with zero attached hydrogens (tertiary/aromatic N) is 5. The molecule has 0 saturated carbocycles. The van der Waals surface area contributed by atoms with Gasteiger partial charge in [0.25, 0.3) is 0 Å². The van der Waals surface area contributed by atoms with Gasteiger partial charge in [-0.25, -0.2) is 15.0 Å². The van der Waals surface area contributed by atoms with Crippen LogP contribution in [0.2, 0.25) is 0 Å². The predicted molar refractivity (Wildman–Crippen MR) is 104 cm³/mol. The van der Waals surface area contributed by atoms with Gasteiger partial charge in [0.1, 0.15) is 12.1 Å². The number of nitrogens with one attached hydrogen (secondary N) is 1. The van der Waals surface area contributed by atoms with Crippen molar-refractivity contribution in [3.8, 4) is 5.82 Å². The number of hydrogen-bond acceptors (Lipinski definition) is 4. The Balaban J connectivity index is 1.70. The van der Waals surface area contributed by atoms with Crippen LogP contribution in [0.4, 0.5) is 0 Å². The second-order valence-corrected chi connectivity index (χ2v) is 6.79. The van der Waals surface area contributed by atoms with Gasteiger partial charge in [-0.05, 0) is 43.4 Å². The molecule has 1 saturated heterocycles. The number of rotatable bonds is 6. The second kappa shape index (κ2) is 9.16. The topological polar surface area (TPSA) is 101 Å². The summed E-state index contributed by atoms with van der Waals surface area (Å²) in [7, 11) is 0. The van der Waals surface area contributed by atoms with Gasteiger partial charge in [0, 0.05) is 44.6 Å². The minimum absolute atomic E-state index is 0.229.